The topological polar surface area (TPSA) is 239 Å². The highest BCUT2D eigenvalue weighted by molar-refractivity contribution is 5.98. The minimum atomic E-state index is -5.19. The molecule has 0 unspecified atom stereocenters. The number of nitro benzene ring substituents is 2. The number of aliphatic imine (C=N–C) groups is 1. The minimum absolute atomic E-state index is 0.191. The van der Waals surface area contributed by atoms with E-state index in [9.17, 15) is 52.6 Å². The summed E-state index contributed by atoms with van der Waals surface area (Å²) in [6.07, 6.45) is -8.09. The molecule has 1 saturated heterocycles. The molecule has 1 aliphatic rings. The molecule has 0 aliphatic carbocycles. The van der Waals surface area contributed by atoms with Gasteiger partial charge in [-0.25, -0.2) is 19.3 Å². The number of nitro groups is 2. The third kappa shape index (κ3) is 10.4. The van der Waals surface area contributed by atoms with Gasteiger partial charge in [-0.3, -0.25) is 25.0 Å². The first-order valence-corrected chi connectivity index (χ1v) is 12.9. The quantitative estimate of drug-likeness (QED) is 0.153. The number of amides is 3. The summed E-state index contributed by atoms with van der Waals surface area (Å²) < 4.78 is 47.0. The van der Waals surface area contributed by atoms with Crippen molar-refractivity contribution in [2.45, 2.75) is 31.9 Å². The molecule has 46 heavy (non-hydrogen) atoms. The summed E-state index contributed by atoms with van der Waals surface area (Å²) in [6.45, 7) is -1.74. The molecule has 3 rings (SSSR count). The second-order valence-electron chi connectivity index (χ2n) is 9.32. The molecule has 0 atom stereocenters. The van der Waals surface area contributed by atoms with E-state index < -0.39 is 71.7 Å². The standard InChI is InChI=1S/C25H24F3N7O11/c26-25(27,28)21(37)46-32-11-17(12-32)30-20(36)9-10-33(24(39)45-14-16-3-7-19(8-4-16)35(42)43)22(29)31-23(38)44-13-15-1-5-18(6-2-15)34(40)41/h1-8,17H,9-14H2,(H,30,36)(H2,29,31,38). The van der Waals surface area contributed by atoms with Gasteiger partial charge in [0.05, 0.1) is 29.0 Å². The summed E-state index contributed by atoms with van der Waals surface area (Å²) in [5.41, 5.74) is 6.14. The molecule has 0 spiro atoms. The third-order valence-electron chi connectivity index (χ3n) is 5.94. The highest BCUT2D eigenvalue weighted by atomic mass is 19.4. The number of carbonyl (C=O) groups is 4. The van der Waals surface area contributed by atoms with Gasteiger partial charge in [0.25, 0.3) is 11.4 Å². The van der Waals surface area contributed by atoms with E-state index >= 15 is 0 Å². The maximum atomic E-state index is 12.9. The summed E-state index contributed by atoms with van der Waals surface area (Å²) in [5.74, 6) is -3.86. The molecule has 21 heteroatoms. The number of non-ortho nitro benzene ring substituents is 2. The molecule has 3 amide bonds. The molecular weight excluding hydrogens is 631 g/mol. The van der Waals surface area contributed by atoms with E-state index in [0.29, 0.717) is 21.1 Å². The minimum Gasteiger partial charge on any atom is -0.444 e. The Morgan fingerprint density at radius 3 is 1.91 bits per heavy atom. The van der Waals surface area contributed by atoms with Crippen molar-refractivity contribution in [1.29, 1.82) is 0 Å². The third-order valence-corrected chi connectivity index (χ3v) is 5.94. The van der Waals surface area contributed by atoms with Crippen LogP contribution in [0.1, 0.15) is 17.5 Å². The molecule has 0 radical (unpaired) electrons. The van der Waals surface area contributed by atoms with Crippen molar-refractivity contribution in [3.63, 3.8) is 0 Å². The molecule has 3 N–H and O–H groups in total. The lowest BCUT2D eigenvalue weighted by Crippen LogP contribution is -2.60. The first-order valence-electron chi connectivity index (χ1n) is 12.9. The van der Waals surface area contributed by atoms with Crippen molar-refractivity contribution >= 4 is 41.4 Å². The molecular formula is C25H24F3N7O11. The molecule has 1 heterocycles. The van der Waals surface area contributed by atoms with Crippen molar-refractivity contribution in [2.75, 3.05) is 19.6 Å². The van der Waals surface area contributed by atoms with Crippen molar-refractivity contribution in [3.8, 4) is 0 Å². The number of nitrogens with two attached hydrogens (primary N) is 1. The zero-order valence-corrected chi connectivity index (χ0v) is 23.4. The van der Waals surface area contributed by atoms with E-state index in [1.54, 1.807) is 0 Å². The summed E-state index contributed by atoms with van der Waals surface area (Å²) in [7, 11) is 0. The van der Waals surface area contributed by atoms with Gasteiger partial charge in [0.15, 0.2) is 0 Å². The Kier molecular flexibility index (Phi) is 11.5. The summed E-state index contributed by atoms with van der Waals surface area (Å²) in [6, 6.07) is 9.35. The summed E-state index contributed by atoms with van der Waals surface area (Å²) >= 11 is 0. The second-order valence-corrected chi connectivity index (χ2v) is 9.32. The number of hydrogen-bond donors (Lipinski definition) is 2. The average molecular weight is 655 g/mol. The highest BCUT2D eigenvalue weighted by Crippen LogP contribution is 2.20. The number of nitrogens with zero attached hydrogens (tertiary/aromatic N) is 5. The molecule has 246 valence electrons. The van der Waals surface area contributed by atoms with E-state index in [1.165, 1.54) is 48.5 Å². The predicted octanol–water partition coefficient (Wildman–Crippen LogP) is 2.30. The zero-order chi connectivity index (χ0) is 34.0. The van der Waals surface area contributed by atoms with Crippen LogP contribution in [0.25, 0.3) is 0 Å². The van der Waals surface area contributed by atoms with Crippen LogP contribution in [0.15, 0.2) is 53.5 Å². The van der Waals surface area contributed by atoms with Gasteiger partial charge in [0.2, 0.25) is 11.9 Å². The maximum absolute atomic E-state index is 12.9. The second kappa shape index (κ2) is 15.2. The van der Waals surface area contributed by atoms with Crippen LogP contribution in [0.3, 0.4) is 0 Å². The van der Waals surface area contributed by atoms with Gasteiger partial charge in [0.1, 0.15) is 13.2 Å². The van der Waals surface area contributed by atoms with Crippen LogP contribution >= 0.6 is 0 Å². The Morgan fingerprint density at radius 2 is 1.43 bits per heavy atom. The largest absolute Gasteiger partial charge is 0.492 e. The summed E-state index contributed by atoms with van der Waals surface area (Å²) in [5, 5.41) is 24.7. The average Bonchev–Trinajstić information content (AvgIpc) is 2.97. The van der Waals surface area contributed by atoms with E-state index in [-0.39, 0.29) is 31.1 Å². The number of guanidine groups is 1. The Labute approximate surface area is 255 Å². The first kappa shape index (κ1) is 34.6. The van der Waals surface area contributed by atoms with E-state index in [2.05, 4.69) is 15.1 Å². The number of nitrogens with one attached hydrogen (secondary N) is 1. The fourth-order valence-corrected chi connectivity index (χ4v) is 3.57. The van der Waals surface area contributed by atoms with Gasteiger partial charge in [-0.05, 0) is 35.4 Å². The van der Waals surface area contributed by atoms with E-state index in [0.717, 1.165) is 0 Å². The van der Waals surface area contributed by atoms with Crippen molar-refractivity contribution in [3.05, 3.63) is 79.9 Å². The Balaban J connectivity index is 1.60. The van der Waals surface area contributed by atoms with Gasteiger partial charge in [-0.15, -0.1) is 10.1 Å². The smallest absolute Gasteiger partial charge is 0.444 e. The van der Waals surface area contributed by atoms with Crippen LogP contribution in [0.5, 0.6) is 0 Å². The Bertz CT molecular complexity index is 1500. The van der Waals surface area contributed by atoms with Crippen LogP contribution in [-0.2, 0) is 37.1 Å². The van der Waals surface area contributed by atoms with Gasteiger partial charge in [-0.2, -0.15) is 13.2 Å². The van der Waals surface area contributed by atoms with Gasteiger partial charge < -0.3 is 25.4 Å². The van der Waals surface area contributed by atoms with Crippen LogP contribution in [0.2, 0.25) is 0 Å². The normalized spacial score (nSPS) is 13.6. The molecule has 18 nitrogen and oxygen atoms in total. The van der Waals surface area contributed by atoms with Crippen LogP contribution < -0.4 is 11.1 Å². The monoisotopic (exact) mass is 655 g/mol. The molecule has 1 aliphatic heterocycles. The Morgan fingerprint density at radius 1 is 0.935 bits per heavy atom. The van der Waals surface area contributed by atoms with E-state index in [4.69, 9.17) is 15.2 Å². The summed E-state index contributed by atoms with van der Waals surface area (Å²) in [4.78, 5) is 77.0. The number of ether oxygens (including phenoxy) is 2. The van der Waals surface area contributed by atoms with E-state index in [1.807, 2.05) is 0 Å². The lowest BCUT2D eigenvalue weighted by molar-refractivity contribution is -0.385. The molecule has 1 fully saturated rings. The molecule has 0 bridgehead atoms. The lowest BCUT2D eigenvalue weighted by Gasteiger charge is -2.37. The van der Waals surface area contributed by atoms with Crippen molar-refractivity contribution in [1.82, 2.24) is 15.3 Å². The van der Waals surface area contributed by atoms with Crippen molar-refractivity contribution < 1.29 is 56.5 Å². The fourth-order valence-electron chi connectivity index (χ4n) is 3.57. The molecule has 0 aromatic heterocycles. The number of rotatable bonds is 11. The number of halogens is 3. The number of alkyl halides is 3. The predicted molar refractivity (Wildman–Crippen MR) is 145 cm³/mol. The molecule has 2 aromatic rings. The zero-order valence-electron chi connectivity index (χ0n) is 23.4. The first-order chi connectivity index (χ1) is 21.6. The molecule has 0 saturated carbocycles. The lowest BCUT2D eigenvalue weighted by atomic mass is 10.1. The SMILES string of the molecule is NC(=NC(=O)OCc1ccc([N+](=O)[O-])cc1)N(CCC(=O)NC1CN(OC(=O)C(F)(F)F)C1)C(=O)OCc1ccc([N+](=O)[O-])cc1. The number of hydrogen-bond acceptors (Lipinski definition) is 12. The Hall–Kier alpha value is -5.86. The fraction of sp³-hybridized carbons (Fsp3) is 0.320. The molecule has 2 aromatic carbocycles. The van der Waals surface area contributed by atoms with Gasteiger partial charge in [0, 0.05) is 37.2 Å². The number of hydroxylamine groups is 2. The van der Waals surface area contributed by atoms with Crippen LogP contribution in [0.4, 0.5) is 34.1 Å². The van der Waals surface area contributed by atoms with Crippen LogP contribution in [-0.4, -0.2) is 81.7 Å². The van der Waals surface area contributed by atoms with Gasteiger partial charge >= 0.3 is 24.3 Å². The number of carbonyl (C=O) groups excluding carboxylic acids is 4. The van der Waals surface area contributed by atoms with Crippen molar-refractivity contribution in [2.24, 2.45) is 10.7 Å². The van der Waals surface area contributed by atoms with Crippen LogP contribution in [0, 0.1) is 20.2 Å². The van der Waals surface area contributed by atoms with Gasteiger partial charge in [-0.1, -0.05) is 0 Å². The maximum Gasteiger partial charge on any atom is 0.492 e. The highest BCUT2D eigenvalue weighted by Gasteiger charge is 2.44. The number of benzene rings is 2.